The van der Waals surface area contributed by atoms with E-state index in [2.05, 4.69) is 26.6 Å². The molecule has 4 rings (SSSR count). The molecule has 0 saturated carbocycles. The Kier molecular flexibility index (Phi) is 3.15. The zero-order valence-corrected chi connectivity index (χ0v) is 12.3. The van der Waals surface area contributed by atoms with E-state index in [-0.39, 0.29) is 5.78 Å². The Balaban J connectivity index is 1.80. The van der Waals surface area contributed by atoms with Crippen molar-refractivity contribution in [2.45, 2.75) is 19.5 Å². The third-order valence-corrected chi connectivity index (χ3v) is 4.21. The van der Waals surface area contributed by atoms with Crippen molar-refractivity contribution in [2.24, 2.45) is 0 Å². The SMILES string of the molecule is O=C(Cn1c2[n+](c3ccccc31)CCCN2)c1ccccc1. The molecule has 0 radical (unpaired) electrons. The maximum absolute atomic E-state index is 12.6. The molecule has 0 bridgehead atoms. The van der Waals surface area contributed by atoms with Crippen molar-refractivity contribution in [3.05, 3.63) is 60.2 Å². The van der Waals surface area contributed by atoms with Crippen LogP contribution in [0.1, 0.15) is 16.8 Å². The number of nitrogens with zero attached hydrogens (tertiary/aromatic N) is 2. The second-order valence-electron chi connectivity index (χ2n) is 5.62. The highest BCUT2D eigenvalue weighted by atomic mass is 16.1. The molecular formula is C18H18N3O+. The molecule has 0 unspecified atom stereocenters. The monoisotopic (exact) mass is 292 g/mol. The number of rotatable bonds is 3. The summed E-state index contributed by atoms with van der Waals surface area (Å²) in [4.78, 5) is 12.6. The lowest BCUT2D eigenvalue weighted by molar-refractivity contribution is -0.661. The number of ketones is 1. The van der Waals surface area contributed by atoms with Gasteiger partial charge < -0.3 is 0 Å². The Morgan fingerprint density at radius 2 is 1.86 bits per heavy atom. The van der Waals surface area contributed by atoms with Crippen LogP contribution in [0.25, 0.3) is 11.0 Å². The zero-order valence-electron chi connectivity index (χ0n) is 12.3. The van der Waals surface area contributed by atoms with Crippen LogP contribution in [-0.2, 0) is 13.1 Å². The number of Topliss-reactive ketones (excluding diaryl/α,β-unsaturated/α-hetero) is 1. The first-order valence-electron chi connectivity index (χ1n) is 7.68. The van der Waals surface area contributed by atoms with E-state index in [1.807, 2.05) is 42.5 Å². The van der Waals surface area contributed by atoms with Gasteiger partial charge in [-0.2, -0.15) is 0 Å². The largest absolute Gasteiger partial charge is 0.358 e. The topological polar surface area (TPSA) is 37.9 Å². The molecule has 2 aromatic carbocycles. The highest BCUT2D eigenvalue weighted by Gasteiger charge is 2.27. The summed E-state index contributed by atoms with van der Waals surface area (Å²) >= 11 is 0. The summed E-state index contributed by atoms with van der Waals surface area (Å²) in [6.07, 6.45) is 1.11. The Hall–Kier alpha value is -2.62. The normalized spacial score (nSPS) is 13.6. The Bertz CT molecular complexity index is 836. The third kappa shape index (κ3) is 2.08. The number of hydrogen-bond donors (Lipinski definition) is 1. The molecule has 0 spiro atoms. The molecule has 0 amide bonds. The Morgan fingerprint density at radius 1 is 1.09 bits per heavy atom. The fourth-order valence-corrected chi connectivity index (χ4v) is 3.17. The summed E-state index contributed by atoms with van der Waals surface area (Å²) in [5.41, 5.74) is 3.05. The van der Waals surface area contributed by atoms with Gasteiger partial charge in [0, 0.05) is 12.0 Å². The summed E-state index contributed by atoms with van der Waals surface area (Å²) in [5, 5.41) is 3.45. The van der Waals surface area contributed by atoms with Gasteiger partial charge in [-0.3, -0.25) is 10.1 Å². The number of hydrogen-bond acceptors (Lipinski definition) is 2. The first-order chi connectivity index (χ1) is 10.8. The fourth-order valence-electron chi connectivity index (χ4n) is 3.17. The van der Waals surface area contributed by atoms with E-state index in [0.29, 0.717) is 6.54 Å². The predicted octanol–water partition coefficient (Wildman–Crippen LogP) is 2.63. The molecule has 1 aliphatic heterocycles. The van der Waals surface area contributed by atoms with Crippen LogP contribution in [0.15, 0.2) is 54.6 Å². The number of anilines is 1. The number of carbonyl (C=O) groups is 1. The molecule has 22 heavy (non-hydrogen) atoms. The van der Waals surface area contributed by atoms with Crippen molar-refractivity contribution in [3.8, 4) is 0 Å². The van der Waals surface area contributed by atoms with Gasteiger partial charge in [0.25, 0.3) is 0 Å². The summed E-state index contributed by atoms with van der Waals surface area (Å²) < 4.78 is 4.38. The summed E-state index contributed by atoms with van der Waals surface area (Å²) in [7, 11) is 0. The van der Waals surface area contributed by atoms with E-state index in [4.69, 9.17) is 0 Å². The van der Waals surface area contributed by atoms with Crippen LogP contribution in [0.2, 0.25) is 0 Å². The Morgan fingerprint density at radius 3 is 2.73 bits per heavy atom. The van der Waals surface area contributed by atoms with Crippen LogP contribution >= 0.6 is 0 Å². The molecule has 1 aromatic heterocycles. The van der Waals surface area contributed by atoms with Gasteiger partial charge in [-0.05, 0) is 12.1 Å². The average Bonchev–Trinajstić information content (AvgIpc) is 2.90. The van der Waals surface area contributed by atoms with E-state index >= 15 is 0 Å². The predicted molar refractivity (Wildman–Crippen MR) is 86.0 cm³/mol. The van der Waals surface area contributed by atoms with Crippen molar-refractivity contribution in [2.75, 3.05) is 11.9 Å². The number of aromatic nitrogens is 2. The minimum atomic E-state index is 0.136. The number of aryl methyl sites for hydroxylation is 1. The minimum Gasteiger partial charge on any atom is -0.291 e. The molecule has 1 aliphatic rings. The maximum atomic E-state index is 12.6. The maximum Gasteiger partial charge on any atom is 0.358 e. The molecule has 0 fully saturated rings. The standard InChI is InChI=1S/C18H17N3O/c22-17(14-7-2-1-3-8-14)13-21-16-10-5-4-9-15(16)20-12-6-11-19-18(20)21/h1-5,7-10H,6,11-13H2/p+1. The second-order valence-corrected chi connectivity index (χ2v) is 5.62. The van der Waals surface area contributed by atoms with Gasteiger partial charge in [-0.15, -0.1) is 0 Å². The molecule has 3 aromatic rings. The highest BCUT2D eigenvalue weighted by Crippen LogP contribution is 2.20. The first-order valence-corrected chi connectivity index (χ1v) is 7.68. The molecule has 1 N–H and O–H groups in total. The van der Waals surface area contributed by atoms with E-state index in [0.717, 1.165) is 36.5 Å². The number of para-hydroxylation sites is 2. The van der Waals surface area contributed by atoms with Crippen LogP contribution in [0.4, 0.5) is 5.95 Å². The van der Waals surface area contributed by atoms with Gasteiger partial charge in [0.1, 0.15) is 17.6 Å². The third-order valence-electron chi connectivity index (χ3n) is 4.21. The number of benzene rings is 2. The smallest absolute Gasteiger partial charge is 0.291 e. The van der Waals surface area contributed by atoms with Gasteiger partial charge in [0.05, 0.1) is 13.1 Å². The molecule has 0 atom stereocenters. The van der Waals surface area contributed by atoms with E-state index in [1.54, 1.807) is 0 Å². The fraction of sp³-hybridized carbons (Fsp3) is 0.222. The molecule has 4 nitrogen and oxygen atoms in total. The summed E-state index contributed by atoms with van der Waals surface area (Å²) in [6, 6.07) is 17.8. The van der Waals surface area contributed by atoms with Crippen LogP contribution in [0.5, 0.6) is 0 Å². The molecular weight excluding hydrogens is 274 g/mol. The highest BCUT2D eigenvalue weighted by molar-refractivity contribution is 5.96. The van der Waals surface area contributed by atoms with Gasteiger partial charge in [0.2, 0.25) is 0 Å². The zero-order chi connectivity index (χ0) is 14.9. The van der Waals surface area contributed by atoms with Crippen LogP contribution in [-0.4, -0.2) is 16.9 Å². The van der Waals surface area contributed by atoms with Crippen LogP contribution in [0.3, 0.4) is 0 Å². The van der Waals surface area contributed by atoms with Gasteiger partial charge in [-0.1, -0.05) is 42.5 Å². The lowest BCUT2D eigenvalue weighted by atomic mass is 10.1. The number of fused-ring (bicyclic) bond motifs is 3. The van der Waals surface area contributed by atoms with E-state index in [9.17, 15) is 4.79 Å². The van der Waals surface area contributed by atoms with Gasteiger partial charge in [-0.25, -0.2) is 9.13 Å². The summed E-state index contributed by atoms with van der Waals surface area (Å²) in [6.45, 7) is 2.31. The number of nitrogens with one attached hydrogen (secondary N) is 1. The van der Waals surface area contributed by atoms with Gasteiger partial charge in [0.15, 0.2) is 5.78 Å². The molecule has 4 heteroatoms. The second kappa shape index (κ2) is 5.30. The average molecular weight is 292 g/mol. The van der Waals surface area contributed by atoms with Crippen molar-refractivity contribution in [1.82, 2.24) is 4.57 Å². The molecule has 0 aliphatic carbocycles. The summed E-state index contributed by atoms with van der Waals surface area (Å²) in [5.74, 6) is 1.17. The van der Waals surface area contributed by atoms with Crippen LogP contribution in [0, 0.1) is 0 Å². The van der Waals surface area contributed by atoms with Crippen molar-refractivity contribution in [3.63, 3.8) is 0 Å². The van der Waals surface area contributed by atoms with E-state index in [1.165, 1.54) is 5.52 Å². The molecule has 110 valence electrons. The first kappa shape index (κ1) is 13.1. The van der Waals surface area contributed by atoms with Crippen molar-refractivity contribution in [1.29, 1.82) is 0 Å². The molecule has 0 saturated heterocycles. The van der Waals surface area contributed by atoms with Gasteiger partial charge >= 0.3 is 5.95 Å². The van der Waals surface area contributed by atoms with E-state index < -0.39 is 0 Å². The molecule has 2 heterocycles. The Labute approximate surface area is 129 Å². The number of carbonyl (C=O) groups excluding carboxylic acids is 1. The lowest BCUT2D eigenvalue weighted by Gasteiger charge is -2.11. The minimum absolute atomic E-state index is 0.136. The lowest BCUT2D eigenvalue weighted by Crippen LogP contribution is -2.42. The van der Waals surface area contributed by atoms with Crippen molar-refractivity contribution >= 4 is 22.8 Å². The van der Waals surface area contributed by atoms with Crippen LogP contribution < -0.4 is 9.88 Å². The van der Waals surface area contributed by atoms with Crippen molar-refractivity contribution < 1.29 is 9.36 Å². The number of imidazole rings is 1. The quantitative estimate of drug-likeness (QED) is 0.595.